The normalized spacial score (nSPS) is 18.4. The number of aliphatic hydroxyl groups is 1. The molecule has 1 aliphatic carbocycles. The molecule has 1 saturated carbocycles. The summed E-state index contributed by atoms with van der Waals surface area (Å²) in [4.78, 5) is 28.6. The minimum absolute atomic E-state index is 0.0411. The number of urea groups is 1. The van der Waals surface area contributed by atoms with E-state index < -0.39 is 17.7 Å². The van der Waals surface area contributed by atoms with E-state index in [4.69, 9.17) is 9.94 Å². The second-order valence-corrected chi connectivity index (χ2v) is 9.57. The Labute approximate surface area is 215 Å². The molecule has 37 heavy (non-hydrogen) atoms. The Balaban J connectivity index is 1.24. The number of amides is 2. The van der Waals surface area contributed by atoms with E-state index in [9.17, 15) is 13.6 Å². The third-order valence-corrected chi connectivity index (χ3v) is 6.81. The highest BCUT2D eigenvalue weighted by molar-refractivity contribution is 5.89. The summed E-state index contributed by atoms with van der Waals surface area (Å²) in [6, 6.07) is 2.28. The molecule has 0 radical (unpaired) electrons. The maximum absolute atomic E-state index is 14.8. The number of rotatable bonds is 8. The van der Waals surface area contributed by atoms with Gasteiger partial charge in [0.25, 0.3) is 0 Å². The zero-order chi connectivity index (χ0) is 26.2. The van der Waals surface area contributed by atoms with Crippen molar-refractivity contribution in [1.82, 2.24) is 15.3 Å². The number of piperidine rings is 1. The molecule has 2 heterocycles. The lowest BCUT2D eigenvalue weighted by Gasteiger charge is -2.31. The van der Waals surface area contributed by atoms with Gasteiger partial charge in [-0.2, -0.15) is 0 Å². The molecule has 3 N–H and O–H groups in total. The number of nitrogens with one attached hydrogen (secondary N) is 2. The Kier molecular flexibility index (Phi) is 9.21. The summed E-state index contributed by atoms with van der Waals surface area (Å²) in [5.74, 6) is -1.39. The van der Waals surface area contributed by atoms with Crippen molar-refractivity contribution < 1.29 is 23.5 Å². The number of hydrogen-bond donors (Lipinski definition) is 3. The summed E-state index contributed by atoms with van der Waals surface area (Å²) in [7, 11) is 0. The first-order valence-corrected chi connectivity index (χ1v) is 12.8. The molecule has 4 rings (SSSR count). The highest BCUT2D eigenvalue weighted by Crippen LogP contribution is 2.35. The molecule has 0 spiro atoms. The molecule has 9 nitrogen and oxygen atoms in total. The predicted octanol–water partition coefficient (Wildman–Crippen LogP) is 4.27. The standard InChI is InChI=1S/C26H34F2N6O3/c1-17-15-30-25(31-16-17)34-12-9-20(10-13-34)37-33-19-5-3-18(4-6-19)21-7-8-22(24(28)23(21)27)32-26(36)29-11-2-14-35/h7-8,15-16,18,20,35H,2-6,9-14H2,1H3,(H2,29,32,36). The van der Waals surface area contributed by atoms with Crippen LogP contribution in [0.3, 0.4) is 0 Å². The Morgan fingerprint density at radius 3 is 2.51 bits per heavy atom. The van der Waals surface area contributed by atoms with Crippen LogP contribution in [0.1, 0.15) is 62.0 Å². The molecule has 1 aliphatic heterocycles. The number of halogens is 2. The van der Waals surface area contributed by atoms with Crippen molar-refractivity contribution in [3.05, 3.63) is 47.3 Å². The van der Waals surface area contributed by atoms with Gasteiger partial charge in [-0.15, -0.1) is 0 Å². The van der Waals surface area contributed by atoms with Crippen LogP contribution < -0.4 is 15.5 Å². The molecule has 1 saturated heterocycles. The summed E-state index contributed by atoms with van der Waals surface area (Å²) >= 11 is 0. The van der Waals surface area contributed by atoms with Crippen LogP contribution in [0, 0.1) is 18.6 Å². The number of benzene rings is 1. The summed E-state index contributed by atoms with van der Waals surface area (Å²) in [6.45, 7) is 3.75. The quantitative estimate of drug-likeness (QED) is 0.357. The fraction of sp³-hybridized carbons (Fsp3) is 0.538. The zero-order valence-electron chi connectivity index (χ0n) is 21.1. The number of nitrogens with zero attached hydrogens (tertiary/aromatic N) is 4. The summed E-state index contributed by atoms with van der Waals surface area (Å²) in [6.07, 6.45) is 8.35. The number of aryl methyl sites for hydroxylation is 1. The van der Waals surface area contributed by atoms with Gasteiger partial charge in [0.15, 0.2) is 11.6 Å². The second kappa shape index (κ2) is 12.8. The highest BCUT2D eigenvalue weighted by atomic mass is 19.2. The average Bonchev–Trinajstić information content (AvgIpc) is 2.92. The van der Waals surface area contributed by atoms with Crippen LogP contribution >= 0.6 is 0 Å². The predicted molar refractivity (Wildman–Crippen MR) is 137 cm³/mol. The van der Waals surface area contributed by atoms with Gasteiger partial charge in [-0.1, -0.05) is 11.2 Å². The van der Waals surface area contributed by atoms with Crippen molar-refractivity contribution in [2.24, 2.45) is 5.16 Å². The molecule has 200 valence electrons. The van der Waals surface area contributed by atoms with E-state index in [1.165, 1.54) is 12.1 Å². The van der Waals surface area contributed by atoms with Crippen molar-refractivity contribution >= 4 is 23.4 Å². The lowest BCUT2D eigenvalue weighted by atomic mass is 9.83. The molecule has 0 unspecified atom stereocenters. The maximum atomic E-state index is 14.8. The lowest BCUT2D eigenvalue weighted by Crippen LogP contribution is -2.37. The molecule has 0 bridgehead atoms. The third-order valence-electron chi connectivity index (χ3n) is 6.81. The molecule has 2 aliphatic rings. The SMILES string of the molecule is Cc1cnc(N2CCC(ON=C3CCC(c4ccc(NC(=O)NCCCO)c(F)c4F)CC3)CC2)nc1. The van der Waals surface area contributed by atoms with Gasteiger partial charge in [-0.25, -0.2) is 23.5 Å². The van der Waals surface area contributed by atoms with Crippen molar-refractivity contribution in [2.45, 2.75) is 63.9 Å². The van der Waals surface area contributed by atoms with Gasteiger partial charge in [-0.3, -0.25) is 0 Å². The fourth-order valence-electron chi connectivity index (χ4n) is 4.64. The largest absolute Gasteiger partial charge is 0.396 e. The Morgan fingerprint density at radius 2 is 1.84 bits per heavy atom. The minimum atomic E-state index is -1.07. The third kappa shape index (κ3) is 7.12. The number of aromatic nitrogens is 2. The smallest absolute Gasteiger partial charge is 0.319 e. The van der Waals surface area contributed by atoms with E-state index in [1.54, 1.807) is 0 Å². The lowest BCUT2D eigenvalue weighted by molar-refractivity contribution is 0.0406. The Hall–Kier alpha value is -3.34. The molecule has 1 aromatic heterocycles. The number of oxime groups is 1. The maximum Gasteiger partial charge on any atom is 0.319 e. The number of hydrogen-bond acceptors (Lipinski definition) is 7. The van der Waals surface area contributed by atoms with E-state index in [-0.39, 0.29) is 30.9 Å². The van der Waals surface area contributed by atoms with E-state index in [0.29, 0.717) is 37.7 Å². The van der Waals surface area contributed by atoms with Gasteiger partial charge in [0.2, 0.25) is 5.95 Å². The first-order chi connectivity index (χ1) is 17.9. The topological polar surface area (TPSA) is 112 Å². The van der Waals surface area contributed by atoms with Gasteiger partial charge in [0.1, 0.15) is 6.10 Å². The van der Waals surface area contributed by atoms with Crippen molar-refractivity contribution in [3.8, 4) is 0 Å². The van der Waals surface area contributed by atoms with Crippen molar-refractivity contribution in [1.29, 1.82) is 0 Å². The Morgan fingerprint density at radius 1 is 1.14 bits per heavy atom. The van der Waals surface area contributed by atoms with Crippen LogP contribution in [0.2, 0.25) is 0 Å². The molecule has 2 aromatic rings. The molecule has 1 aromatic carbocycles. The highest BCUT2D eigenvalue weighted by Gasteiger charge is 2.26. The molecule has 2 fully saturated rings. The monoisotopic (exact) mass is 516 g/mol. The van der Waals surface area contributed by atoms with Crippen LogP contribution in [0.25, 0.3) is 0 Å². The zero-order valence-corrected chi connectivity index (χ0v) is 21.1. The van der Waals surface area contributed by atoms with Gasteiger partial charge in [0, 0.05) is 51.5 Å². The molecular weight excluding hydrogens is 482 g/mol. The van der Waals surface area contributed by atoms with E-state index in [1.807, 2.05) is 19.3 Å². The first-order valence-electron chi connectivity index (χ1n) is 12.8. The van der Waals surface area contributed by atoms with E-state index in [0.717, 1.165) is 43.2 Å². The summed E-state index contributed by atoms with van der Waals surface area (Å²) < 4.78 is 29.4. The summed E-state index contributed by atoms with van der Waals surface area (Å²) in [5, 5.41) is 17.9. The average molecular weight is 517 g/mol. The number of aliphatic hydroxyl groups excluding tert-OH is 1. The van der Waals surface area contributed by atoms with E-state index in [2.05, 4.69) is 30.7 Å². The summed E-state index contributed by atoms with van der Waals surface area (Å²) in [5.41, 5.74) is 2.08. The van der Waals surface area contributed by atoms with Crippen LogP contribution in [0.15, 0.2) is 29.7 Å². The first kappa shape index (κ1) is 26.7. The molecule has 2 amide bonds. The van der Waals surface area contributed by atoms with E-state index >= 15 is 0 Å². The van der Waals surface area contributed by atoms with Crippen molar-refractivity contribution in [2.75, 3.05) is 36.5 Å². The molecular formula is C26H34F2N6O3. The number of carbonyl (C=O) groups is 1. The second-order valence-electron chi connectivity index (χ2n) is 9.57. The molecule has 11 heteroatoms. The van der Waals surface area contributed by atoms with Gasteiger partial charge in [-0.05, 0) is 62.1 Å². The van der Waals surface area contributed by atoms with Crippen LogP contribution in [0.5, 0.6) is 0 Å². The minimum Gasteiger partial charge on any atom is -0.396 e. The van der Waals surface area contributed by atoms with Gasteiger partial charge in [0.05, 0.1) is 11.4 Å². The number of anilines is 2. The van der Waals surface area contributed by atoms with Gasteiger partial charge >= 0.3 is 6.03 Å². The van der Waals surface area contributed by atoms with Crippen LogP contribution in [-0.2, 0) is 4.84 Å². The van der Waals surface area contributed by atoms with Crippen LogP contribution in [0.4, 0.5) is 25.2 Å². The fourth-order valence-corrected chi connectivity index (χ4v) is 4.64. The van der Waals surface area contributed by atoms with Gasteiger partial charge < -0.3 is 25.5 Å². The van der Waals surface area contributed by atoms with Crippen LogP contribution in [-0.4, -0.2) is 59.2 Å². The van der Waals surface area contributed by atoms with Crippen molar-refractivity contribution in [3.63, 3.8) is 0 Å². The Bertz CT molecular complexity index is 1080. The number of carbonyl (C=O) groups excluding carboxylic acids is 1. The molecule has 0 atom stereocenters.